The smallest absolute Gasteiger partial charge is 0.334 e. The Labute approximate surface area is 297 Å². The van der Waals surface area contributed by atoms with Gasteiger partial charge in [0.1, 0.15) is 23.8 Å². The number of aryl methyl sites for hydroxylation is 2. The van der Waals surface area contributed by atoms with Gasteiger partial charge in [0.2, 0.25) is 11.8 Å². The molecule has 0 bridgehead atoms. The van der Waals surface area contributed by atoms with Crippen LogP contribution in [-0.2, 0) is 38.4 Å². The third kappa shape index (κ3) is 13.5. The van der Waals surface area contributed by atoms with E-state index in [1.165, 1.54) is 0 Å². The Kier molecular flexibility index (Phi) is 14.0. The summed E-state index contributed by atoms with van der Waals surface area (Å²) in [6.45, 7) is 9.05. The van der Waals surface area contributed by atoms with Crippen LogP contribution in [0.2, 0.25) is 0 Å². The molecule has 0 unspecified atom stereocenters. The molecule has 0 radical (unpaired) electrons. The van der Waals surface area contributed by atoms with E-state index in [9.17, 15) is 48.5 Å². The molecule has 2 amide bonds. The first kappa shape index (κ1) is 40.2. The number of phenolic OH excluding ortho intramolecular Hbond substituents is 2. The van der Waals surface area contributed by atoms with Crippen molar-refractivity contribution in [3.8, 4) is 11.5 Å². The fraction of sp³-hybridized carbons (Fsp3) is 0.412. The first-order valence-electron chi connectivity index (χ1n) is 16.5. The largest absolute Gasteiger partial charge is 0.505 e. The number of amides is 2. The monoisotopic (exact) mass is 747 g/mol. The van der Waals surface area contributed by atoms with Crippen LogP contribution in [-0.4, -0.2) is 108 Å². The van der Waals surface area contributed by atoms with Gasteiger partial charge in [-0.2, -0.15) is 0 Å². The molecule has 0 atom stereocenters. The maximum atomic E-state index is 12.3. The number of aromatic hydroxyl groups is 2. The molecule has 278 valence electrons. The molecule has 1 saturated heterocycles. The van der Waals surface area contributed by atoms with Crippen LogP contribution in [0.25, 0.3) is 0 Å². The van der Waals surface area contributed by atoms with Crippen LogP contribution in [0.4, 0.5) is 11.4 Å². The third-order valence-corrected chi connectivity index (χ3v) is 9.76. The molecular formula is C34H47N5O10P2. The van der Waals surface area contributed by atoms with E-state index in [1.54, 1.807) is 26.0 Å². The number of hydrogen-bond donors (Lipinski definition) is 8. The van der Waals surface area contributed by atoms with Crippen LogP contribution in [0.1, 0.15) is 34.2 Å². The van der Waals surface area contributed by atoms with E-state index < -0.39 is 39.3 Å². The molecular weight excluding hydrogens is 700 g/mol. The highest BCUT2D eigenvalue weighted by Crippen LogP contribution is 2.37. The lowest BCUT2D eigenvalue weighted by atomic mass is 10.1. The number of benzene rings is 3. The van der Waals surface area contributed by atoms with Gasteiger partial charge in [-0.3, -0.25) is 33.4 Å². The molecule has 1 fully saturated rings. The predicted octanol–water partition coefficient (Wildman–Crippen LogP) is 3.16. The van der Waals surface area contributed by atoms with Gasteiger partial charge < -0.3 is 40.4 Å². The minimum Gasteiger partial charge on any atom is -0.505 e. The van der Waals surface area contributed by atoms with Crippen molar-refractivity contribution in [1.82, 2.24) is 14.7 Å². The van der Waals surface area contributed by atoms with Crippen LogP contribution in [0.3, 0.4) is 0 Å². The highest BCUT2D eigenvalue weighted by Gasteiger charge is 2.24. The summed E-state index contributed by atoms with van der Waals surface area (Å²) in [4.78, 5) is 68.0. The van der Waals surface area contributed by atoms with Crippen molar-refractivity contribution >= 4 is 38.4 Å². The normalized spacial score (nSPS) is 15.7. The van der Waals surface area contributed by atoms with Gasteiger partial charge in [-0.25, -0.2) is 0 Å². The first-order chi connectivity index (χ1) is 23.9. The van der Waals surface area contributed by atoms with Crippen LogP contribution in [0.5, 0.6) is 11.5 Å². The summed E-state index contributed by atoms with van der Waals surface area (Å²) in [5.41, 5.74) is 3.93. The number of nitrogens with zero attached hydrogens (tertiary/aromatic N) is 3. The topological polar surface area (TPSA) is 223 Å². The van der Waals surface area contributed by atoms with E-state index in [4.69, 9.17) is 0 Å². The number of carbonyl (C=O) groups excluding carboxylic acids is 2. The molecule has 1 aliphatic rings. The number of phenols is 2. The SMILES string of the molecule is Cc1cc(CN2CCCN(Cc3cc(C)cc(NC(=O)CP(=O)(O)O)c3O)CCN(Cc3ccccc3)CC2)c(O)c(NC(=O)CP(=O)(O)O)c1. The standard InChI is InChI=1S/C34H47N5O10P2/c1-24-15-27(33(42)29(17-24)35-31(40)22-50(44,45)46)20-37-9-6-10-38(12-14-39(13-11-37)19-26-7-4-3-5-8-26)21-28-16-25(2)18-30(34(28)43)36-32(41)23-51(47,48)49/h3-5,7-8,15-18,42-43H,6,9-14,19-23H2,1-2H3,(H,35,40)(H,36,41)(H2,44,45,46)(H2,47,48,49). The molecule has 0 aromatic heterocycles. The van der Waals surface area contributed by atoms with Gasteiger partial charge in [-0.15, -0.1) is 0 Å². The van der Waals surface area contributed by atoms with Crippen molar-refractivity contribution < 1.29 is 48.5 Å². The van der Waals surface area contributed by atoms with Gasteiger partial charge in [0.25, 0.3) is 0 Å². The fourth-order valence-corrected chi connectivity index (χ4v) is 7.02. The molecule has 51 heavy (non-hydrogen) atoms. The zero-order valence-corrected chi connectivity index (χ0v) is 30.5. The second kappa shape index (κ2) is 17.7. The predicted molar refractivity (Wildman–Crippen MR) is 194 cm³/mol. The van der Waals surface area contributed by atoms with E-state index in [-0.39, 0.29) is 22.9 Å². The van der Waals surface area contributed by atoms with Crippen LogP contribution >= 0.6 is 15.2 Å². The zero-order chi connectivity index (χ0) is 37.3. The van der Waals surface area contributed by atoms with Crippen molar-refractivity contribution in [3.63, 3.8) is 0 Å². The quantitative estimate of drug-likeness (QED) is 0.0987. The van der Waals surface area contributed by atoms with Crippen molar-refractivity contribution in [3.05, 3.63) is 82.4 Å². The minimum absolute atomic E-state index is 0.0802. The highest BCUT2D eigenvalue weighted by atomic mass is 31.2. The lowest BCUT2D eigenvalue weighted by Crippen LogP contribution is -2.42. The molecule has 0 spiro atoms. The van der Waals surface area contributed by atoms with Crippen molar-refractivity contribution in [2.24, 2.45) is 0 Å². The number of carbonyl (C=O) groups is 2. The van der Waals surface area contributed by atoms with Crippen molar-refractivity contribution in [2.75, 3.05) is 62.2 Å². The molecule has 17 heteroatoms. The third-order valence-electron chi connectivity index (χ3n) is 8.36. The Bertz CT molecular complexity index is 1680. The van der Waals surface area contributed by atoms with E-state index in [0.717, 1.165) is 23.1 Å². The molecule has 8 N–H and O–H groups in total. The Morgan fingerprint density at radius 1 is 0.627 bits per heavy atom. The molecule has 0 aliphatic carbocycles. The summed E-state index contributed by atoms with van der Waals surface area (Å²) in [5.74, 6) is -2.14. The van der Waals surface area contributed by atoms with E-state index in [0.29, 0.717) is 70.0 Å². The van der Waals surface area contributed by atoms with Crippen LogP contribution in [0, 0.1) is 13.8 Å². The second-order valence-corrected chi connectivity index (χ2v) is 16.3. The Morgan fingerprint density at radius 2 is 1.02 bits per heavy atom. The summed E-state index contributed by atoms with van der Waals surface area (Å²) < 4.78 is 22.7. The average Bonchev–Trinajstić information content (AvgIpc) is 3.01. The van der Waals surface area contributed by atoms with Gasteiger partial charge in [-0.1, -0.05) is 42.5 Å². The molecule has 15 nitrogen and oxygen atoms in total. The summed E-state index contributed by atoms with van der Waals surface area (Å²) in [7, 11) is -9.18. The average molecular weight is 748 g/mol. The van der Waals surface area contributed by atoms with Gasteiger partial charge in [-0.05, 0) is 62.2 Å². The van der Waals surface area contributed by atoms with Gasteiger partial charge in [0, 0.05) is 56.9 Å². The number of nitrogens with one attached hydrogen (secondary N) is 2. The highest BCUT2D eigenvalue weighted by molar-refractivity contribution is 7.53. The summed E-state index contributed by atoms with van der Waals surface area (Å²) in [5, 5.41) is 27.1. The first-order valence-corrected chi connectivity index (χ1v) is 20.1. The number of rotatable bonds is 12. The second-order valence-electron chi connectivity index (χ2n) is 13.0. The van der Waals surface area contributed by atoms with Crippen LogP contribution < -0.4 is 10.6 Å². The molecule has 3 aromatic rings. The van der Waals surface area contributed by atoms with Gasteiger partial charge in [0.05, 0.1) is 11.4 Å². The maximum Gasteiger partial charge on any atom is 0.334 e. The van der Waals surface area contributed by atoms with E-state index in [1.807, 2.05) is 30.3 Å². The van der Waals surface area contributed by atoms with Gasteiger partial charge >= 0.3 is 15.2 Å². The van der Waals surface area contributed by atoms with Crippen molar-refractivity contribution in [1.29, 1.82) is 0 Å². The van der Waals surface area contributed by atoms with E-state index >= 15 is 0 Å². The van der Waals surface area contributed by atoms with E-state index in [2.05, 4.69) is 37.5 Å². The lowest BCUT2D eigenvalue weighted by Gasteiger charge is -2.33. The molecule has 3 aromatic carbocycles. The lowest BCUT2D eigenvalue weighted by molar-refractivity contribution is -0.115. The number of anilines is 2. The number of hydrogen-bond acceptors (Lipinski definition) is 9. The maximum absolute atomic E-state index is 12.3. The summed E-state index contributed by atoms with van der Waals surface area (Å²) >= 11 is 0. The Morgan fingerprint density at radius 3 is 1.41 bits per heavy atom. The minimum atomic E-state index is -4.59. The Balaban J connectivity index is 1.54. The zero-order valence-electron chi connectivity index (χ0n) is 28.7. The van der Waals surface area contributed by atoms with Crippen LogP contribution in [0.15, 0.2) is 54.6 Å². The molecule has 1 aliphatic heterocycles. The van der Waals surface area contributed by atoms with Crippen molar-refractivity contribution in [2.45, 2.75) is 39.9 Å². The molecule has 4 rings (SSSR count). The molecule has 1 heterocycles. The van der Waals surface area contributed by atoms with Gasteiger partial charge in [0.15, 0.2) is 0 Å². The summed E-state index contributed by atoms with van der Waals surface area (Å²) in [6.07, 6.45) is -1.26. The Hall–Kier alpha value is -3.62. The fourth-order valence-electron chi connectivity index (χ4n) is 6.11. The molecule has 0 saturated carbocycles. The summed E-state index contributed by atoms with van der Waals surface area (Å²) in [6, 6.07) is 16.8.